The normalized spacial score (nSPS) is 16.4. The first-order valence-corrected chi connectivity index (χ1v) is 10.2. The summed E-state index contributed by atoms with van der Waals surface area (Å²) in [6.07, 6.45) is 0. The molecule has 30 heavy (non-hydrogen) atoms. The second kappa shape index (κ2) is 9.60. The topological polar surface area (TPSA) is 67.9 Å². The summed E-state index contributed by atoms with van der Waals surface area (Å²) >= 11 is 18.5. The number of carbonyl (C=O) groups excluding carboxylic acids is 2. The molecule has 0 fully saturated rings. The number of hydrogen-bond acceptors (Lipinski definition) is 4. The lowest BCUT2D eigenvalue weighted by atomic mass is 9.94. The molecule has 158 valence electrons. The van der Waals surface area contributed by atoms with Crippen molar-refractivity contribution in [1.29, 1.82) is 0 Å². The van der Waals surface area contributed by atoms with Gasteiger partial charge in [-0.3, -0.25) is 4.90 Å². The number of nitrogens with zero attached hydrogens (tertiary/aromatic N) is 1. The fourth-order valence-electron chi connectivity index (χ4n) is 3.07. The molecule has 2 amide bonds. The fraction of sp³-hybridized carbons (Fsp3) is 0.238. The molecular formula is C21H19Cl3N2O4. The van der Waals surface area contributed by atoms with Crippen LogP contribution in [0.15, 0.2) is 53.7 Å². The van der Waals surface area contributed by atoms with Crippen LogP contribution in [0.2, 0.25) is 15.1 Å². The van der Waals surface area contributed by atoms with Gasteiger partial charge in [0.05, 0.1) is 34.0 Å². The number of ether oxygens (including phenoxy) is 2. The van der Waals surface area contributed by atoms with Gasteiger partial charge in [-0.05, 0) is 36.8 Å². The fourth-order valence-corrected chi connectivity index (χ4v) is 3.66. The molecule has 1 N–H and O–H groups in total. The van der Waals surface area contributed by atoms with Crippen LogP contribution in [0.3, 0.4) is 0 Å². The number of amides is 2. The minimum absolute atomic E-state index is 0.0624. The van der Waals surface area contributed by atoms with Gasteiger partial charge in [-0.25, -0.2) is 9.59 Å². The molecule has 3 rings (SSSR count). The van der Waals surface area contributed by atoms with Gasteiger partial charge >= 0.3 is 12.0 Å². The van der Waals surface area contributed by atoms with Crippen LogP contribution in [-0.2, 0) is 9.53 Å². The second-order valence-electron chi connectivity index (χ2n) is 6.41. The molecular weight excluding hydrogens is 451 g/mol. The minimum Gasteiger partial charge on any atom is -0.487 e. The van der Waals surface area contributed by atoms with Crippen LogP contribution >= 0.6 is 34.8 Å². The van der Waals surface area contributed by atoms with Crippen molar-refractivity contribution in [3.63, 3.8) is 0 Å². The minimum atomic E-state index is -0.850. The first-order valence-electron chi connectivity index (χ1n) is 9.10. The van der Waals surface area contributed by atoms with Crippen molar-refractivity contribution in [2.75, 3.05) is 20.3 Å². The standard InChI is InChI=1S/C21H19Cl3N2O4/c1-3-29-20(27)17-16(11-30-13-7-4-6-12(22)10-13)26(2)21(28)25-19(17)14-8-5-9-15(23)18(14)24/h4-10,19H,3,11H2,1-2H3,(H,25,28)/t19-/m0/s1. The highest BCUT2D eigenvalue weighted by atomic mass is 35.5. The Bertz CT molecular complexity index is 1010. The monoisotopic (exact) mass is 468 g/mol. The van der Waals surface area contributed by atoms with E-state index in [0.29, 0.717) is 27.1 Å². The maximum absolute atomic E-state index is 12.9. The van der Waals surface area contributed by atoms with Gasteiger partial charge in [0.2, 0.25) is 0 Å². The van der Waals surface area contributed by atoms with Crippen LogP contribution in [-0.4, -0.2) is 37.2 Å². The van der Waals surface area contributed by atoms with Crippen molar-refractivity contribution in [2.45, 2.75) is 13.0 Å². The zero-order valence-corrected chi connectivity index (χ0v) is 18.5. The summed E-state index contributed by atoms with van der Waals surface area (Å²) in [5.41, 5.74) is 1.04. The predicted molar refractivity (Wildman–Crippen MR) is 116 cm³/mol. The van der Waals surface area contributed by atoms with Gasteiger partial charge in [0.1, 0.15) is 12.4 Å². The van der Waals surface area contributed by atoms with Crippen LogP contribution in [0.1, 0.15) is 18.5 Å². The van der Waals surface area contributed by atoms with E-state index in [1.54, 1.807) is 56.4 Å². The Hall–Kier alpha value is -2.41. The summed E-state index contributed by atoms with van der Waals surface area (Å²) in [5, 5.41) is 3.84. The van der Waals surface area contributed by atoms with E-state index in [9.17, 15) is 9.59 Å². The zero-order chi connectivity index (χ0) is 21.8. The van der Waals surface area contributed by atoms with Gasteiger partial charge in [0.25, 0.3) is 0 Å². The number of likely N-dealkylation sites (N-methyl/N-ethyl adjacent to an activating group) is 1. The van der Waals surface area contributed by atoms with E-state index >= 15 is 0 Å². The number of benzene rings is 2. The maximum atomic E-state index is 12.9. The molecule has 0 bridgehead atoms. The van der Waals surface area contributed by atoms with E-state index < -0.39 is 18.0 Å². The number of esters is 1. The maximum Gasteiger partial charge on any atom is 0.338 e. The van der Waals surface area contributed by atoms with Crippen LogP contribution in [0, 0.1) is 0 Å². The lowest BCUT2D eigenvalue weighted by Crippen LogP contribution is -2.48. The van der Waals surface area contributed by atoms with Crippen LogP contribution in [0.4, 0.5) is 4.79 Å². The number of rotatable bonds is 6. The van der Waals surface area contributed by atoms with Crippen LogP contribution < -0.4 is 10.1 Å². The van der Waals surface area contributed by atoms with Crippen LogP contribution in [0.25, 0.3) is 0 Å². The molecule has 2 aromatic carbocycles. The molecule has 0 saturated heterocycles. The number of halogens is 3. The van der Waals surface area contributed by atoms with Gasteiger partial charge < -0.3 is 14.8 Å². The summed E-state index contributed by atoms with van der Waals surface area (Å²) in [5.74, 6) is -0.0926. The molecule has 1 aliphatic rings. The molecule has 9 heteroatoms. The first kappa shape index (κ1) is 22.3. The summed E-state index contributed by atoms with van der Waals surface area (Å²) < 4.78 is 11.1. The Labute approximate surface area is 189 Å². The molecule has 0 saturated carbocycles. The van der Waals surface area contributed by atoms with Crippen molar-refractivity contribution in [3.05, 3.63) is 74.4 Å². The number of nitrogens with one attached hydrogen (secondary N) is 1. The average Bonchev–Trinajstić information content (AvgIpc) is 2.71. The molecule has 0 aliphatic carbocycles. The van der Waals surface area contributed by atoms with Crippen molar-refractivity contribution < 1.29 is 19.1 Å². The van der Waals surface area contributed by atoms with E-state index in [0.717, 1.165) is 0 Å². The molecule has 1 atom stereocenters. The SMILES string of the molecule is CCOC(=O)C1=C(COc2cccc(Cl)c2)N(C)C(=O)N[C@H]1c1cccc(Cl)c1Cl. The highest BCUT2D eigenvalue weighted by molar-refractivity contribution is 6.42. The largest absolute Gasteiger partial charge is 0.487 e. The Morgan fingerprint density at radius 1 is 1.17 bits per heavy atom. The first-order chi connectivity index (χ1) is 14.3. The van der Waals surface area contributed by atoms with Crippen molar-refractivity contribution in [2.24, 2.45) is 0 Å². The van der Waals surface area contributed by atoms with E-state index in [1.165, 1.54) is 4.90 Å². The molecule has 0 aromatic heterocycles. The lowest BCUT2D eigenvalue weighted by molar-refractivity contribution is -0.139. The Morgan fingerprint density at radius 2 is 1.90 bits per heavy atom. The van der Waals surface area contributed by atoms with E-state index in [1.807, 2.05) is 0 Å². The van der Waals surface area contributed by atoms with Crippen molar-refractivity contribution >= 4 is 46.8 Å². The second-order valence-corrected chi connectivity index (χ2v) is 7.63. The molecule has 2 aromatic rings. The molecule has 0 spiro atoms. The van der Waals surface area contributed by atoms with Crippen molar-refractivity contribution in [3.8, 4) is 5.75 Å². The third-order valence-corrected chi connectivity index (χ3v) is 5.60. The lowest BCUT2D eigenvalue weighted by Gasteiger charge is -2.34. The number of urea groups is 1. The molecule has 0 radical (unpaired) electrons. The van der Waals surface area contributed by atoms with Gasteiger partial charge in [0, 0.05) is 12.1 Å². The van der Waals surface area contributed by atoms with Crippen LogP contribution in [0.5, 0.6) is 5.75 Å². The Balaban J connectivity index is 2.08. The molecule has 1 heterocycles. The average molecular weight is 470 g/mol. The van der Waals surface area contributed by atoms with Gasteiger partial charge in [0.15, 0.2) is 0 Å². The zero-order valence-electron chi connectivity index (χ0n) is 16.2. The summed E-state index contributed by atoms with van der Waals surface area (Å²) in [6.45, 7) is 1.80. The van der Waals surface area contributed by atoms with E-state index in [4.69, 9.17) is 44.3 Å². The highest BCUT2D eigenvalue weighted by Crippen LogP contribution is 2.37. The highest BCUT2D eigenvalue weighted by Gasteiger charge is 2.38. The Kier molecular flexibility index (Phi) is 7.13. The number of carbonyl (C=O) groups is 2. The van der Waals surface area contributed by atoms with E-state index in [-0.39, 0.29) is 23.8 Å². The van der Waals surface area contributed by atoms with Gasteiger partial charge in [-0.15, -0.1) is 0 Å². The molecule has 6 nitrogen and oxygen atoms in total. The van der Waals surface area contributed by atoms with E-state index in [2.05, 4.69) is 5.32 Å². The Morgan fingerprint density at radius 3 is 2.60 bits per heavy atom. The third-order valence-electron chi connectivity index (χ3n) is 4.54. The third kappa shape index (κ3) is 4.67. The summed E-state index contributed by atoms with van der Waals surface area (Å²) in [6, 6.07) is 10.6. The van der Waals surface area contributed by atoms with Gasteiger partial charge in [-0.1, -0.05) is 53.0 Å². The summed E-state index contributed by atoms with van der Waals surface area (Å²) in [4.78, 5) is 26.9. The number of hydrogen-bond donors (Lipinski definition) is 1. The summed E-state index contributed by atoms with van der Waals surface area (Å²) in [7, 11) is 1.54. The van der Waals surface area contributed by atoms with Crippen molar-refractivity contribution in [1.82, 2.24) is 10.2 Å². The quantitative estimate of drug-likeness (QED) is 0.588. The predicted octanol–water partition coefficient (Wildman–Crippen LogP) is 5.24. The molecule has 0 unspecified atom stereocenters. The van der Waals surface area contributed by atoms with Gasteiger partial charge in [-0.2, -0.15) is 0 Å². The smallest absolute Gasteiger partial charge is 0.338 e. The molecule has 1 aliphatic heterocycles.